The molecular formula is C17H12ClN3O4. The molecule has 3 rings (SSSR count). The summed E-state index contributed by atoms with van der Waals surface area (Å²) in [6.07, 6.45) is 0. The quantitative estimate of drug-likeness (QED) is 0.631. The number of carbonyl (C=O) groups is 4. The Morgan fingerprint density at radius 1 is 1.04 bits per heavy atom. The van der Waals surface area contributed by atoms with E-state index < -0.39 is 23.6 Å². The maximum absolute atomic E-state index is 12.6. The number of benzene rings is 2. The first-order chi connectivity index (χ1) is 11.8. The molecule has 126 valence electrons. The third-order valence-corrected chi connectivity index (χ3v) is 4.00. The number of carbonyl (C=O) groups excluding carboxylic acids is 4. The molecule has 0 bridgehead atoms. The van der Waals surface area contributed by atoms with Gasteiger partial charge >= 0.3 is 11.8 Å². The normalized spacial score (nSPS) is 13.0. The monoisotopic (exact) mass is 357 g/mol. The van der Waals surface area contributed by atoms with Crippen LogP contribution in [0.25, 0.3) is 0 Å². The number of nitrogens with two attached hydrogens (primary N) is 1. The molecule has 7 nitrogen and oxygen atoms in total. The zero-order valence-electron chi connectivity index (χ0n) is 13.0. The fourth-order valence-electron chi connectivity index (χ4n) is 2.61. The van der Waals surface area contributed by atoms with Gasteiger partial charge in [-0.25, -0.2) is 4.90 Å². The van der Waals surface area contributed by atoms with E-state index >= 15 is 0 Å². The van der Waals surface area contributed by atoms with Crippen LogP contribution in [0.15, 0.2) is 36.4 Å². The number of nitrogens with zero attached hydrogens (tertiary/aromatic N) is 1. The Balaban J connectivity index is 1.95. The highest BCUT2D eigenvalue weighted by atomic mass is 35.5. The number of anilines is 2. The van der Waals surface area contributed by atoms with E-state index in [0.717, 1.165) is 4.90 Å². The van der Waals surface area contributed by atoms with Crippen LogP contribution in [0.4, 0.5) is 11.4 Å². The Morgan fingerprint density at radius 2 is 1.72 bits per heavy atom. The van der Waals surface area contributed by atoms with Gasteiger partial charge in [0.25, 0.3) is 11.8 Å². The average Bonchev–Trinajstić information content (AvgIpc) is 2.79. The van der Waals surface area contributed by atoms with E-state index in [1.807, 2.05) is 0 Å². The Kier molecular flexibility index (Phi) is 4.02. The van der Waals surface area contributed by atoms with Gasteiger partial charge in [-0.15, -0.1) is 0 Å². The first-order valence-corrected chi connectivity index (χ1v) is 7.57. The van der Waals surface area contributed by atoms with Crippen molar-refractivity contribution in [2.24, 2.45) is 5.73 Å². The van der Waals surface area contributed by atoms with Crippen LogP contribution >= 0.6 is 11.6 Å². The van der Waals surface area contributed by atoms with Crippen LogP contribution in [0.5, 0.6) is 0 Å². The second kappa shape index (κ2) is 6.03. The minimum absolute atomic E-state index is 0.239. The summed E-state index contributed by atoms with van der Waals surface area (Å²) >= 11 is 5.90. The molecule has 2 aromatic rings. The predicted molar refractivity (Wildman–Crippen MR) is 91.6 cm³/mol. The molecule has 0 spiro atoms. The van der Waals surface area contributed by atoms with Crippen molar-refractivity contribution in [1.82, 2.24) is 0 Å². The van der Waals surface area contributed by atoms with Gasteiger partial charge in [0.05, 0.1) is 16.8 Å². The summed E-state index contributed by atoms with van der Waals surface area (Å²) in [5.41, 5.74) is 6.66. The number of fused-ring (bicyclic) bond motifs is 1. The van der Waals surface area contributed by atoms with Crippen molar-refractivity contribution in [2.75, 3.05) is 10.2 Å². The molecule has 2 aromatic carbocycles. The number of rotatable bonds is 2. The van der Waals surface area contributed by atoms with Crippen LogP contribution in [0.2, 0.25) is 5.02 Å². The second-order valence-electron chi connectivity index (χ2n) is 5.46. The molecule has 4 amide bonds. The lowest BCUT2D eigenvalue weighted by Crippen LogP contribution is -2.31. The standard InChI is InChI=1S/C17H12ClN3O4/c1-8-6-10(20-15(23)14(19)22)3-5-13(8)21-16(24)11-4-2-9(18)7-12(11)17(21)25/h2-7H,1H3,(H2,19,22)(H,20,23). The minimum atomic E-state index is -1.11. The number of aryl methyl sites for hydroxylation is 1. The van der Waals surface area contributed by atoms with Crippen LogP contribution in [-0.4, -0.2) is 23.6 Å². The van der Waals surface area contributed by atoms with Gasteiger partial charge in [-0.3, -0.25) is 19.2 Å². The highest BCUT2D eigenvalue weighted by Gasteiger charge is 2.37. The van der Waals surface area contributed by atoms with Crippen molar-refractivity contribution < 1.29 is 19.2 Å². The van der Waals surface area contributed by atoms with Gasteiger partial charge in [-0.2, -0.15) is 0 Å². The summed E-state index contributed by atoms with van der Waals surface area (Å²) < 4.78 is 0. The molecule has 0 radical (unpaired) electrons. The van der Waals surface area contributed by atoms with E-state index in [2.05, 4.69) is 5.32 Å². The Hall–Kier alpha value is -3.19. The number of imide groups is 1. The average molecular weight is 358 g/mol. The molecule has 1 heterocycles. The topological polar surface area (TPSA) is 110 Å². The highest BCUT2D eigenvalue weighted by Crippen LogP contribution is 2.33. The summed E-state index contributed by atoms with van der Waals surface area (Å²) in [4.78, 5) is 48.3. The summed E-state index contributed by atoms with van der Waals surface area (Å²) in [5, 5.41) is 2.69. The van der Waals surface area contributed by atoms with E-state index in [-0.39, 0.29) is 11.1 Å². The zero-order chi connectivity index (χ0) is 18.3. The van der Waals surface area contributed by atoms with Gasteiger partial charge in [0.1, 0.15) is 0 Å². The zero-order valence-corrected chi connectivity index (χ0v) is 13.8. The van der Waals surface area contributed by atoms with E-state index in [1.54, 1.807) is 13.0 Å². The van der Waals surface area contributed by atoms with Crippen molar-refractivity contribution in [3.8, 4) is 0 Å². The Bertz CT molecular complexity index is 955. The third kappa shape index (κ3) is 2.85. The van der Waals surface area contributed by atoms with Crippen LogP contribution < -0.4 is 16.0 Å². The van der Waals surface area contributed by atoms with Gasteiger partial charge in [0, 0.05) is 10.7 Å². The summed E-state index contributed by atoms with van der Waals surface area (Å²) in [5.74, 6) is -2.99. The summed E-state index contributed by atoms with van der Waals surface area (Å²) in [6.45, 7) is 1.67. The van der Waals surface area contributed by atoms with E-state index in [0.29, 0.717) is 22.0 Å². The lowest BCUT2D eigenvalue weighted by Gasteiger charge is -2.17. The maximum Gasteiger partial charge on any atom is 0.313 e. The number of amides is 4. The Labute approximate surface area is 147 Å². The number of hydrogen-bond acceptors (Lipinski definition) is 4. The SMILES string of the molecule is Cc1cc(NC(=O)C(N)=O)ccc1N1C(=O)c2ccc(Cl)cc2C1=O. The lowest BCUT2D eigenvalue weighted by molar-refractivity contribution is -0.134. The first-order valence-electron chi connectivity index (χ1n) is 7.19. The number of nitrogens with one attached hydrogen (secondary N) is 1. The van der Waals surface area contributed by atoms with Crippen molar-refractivity contribution in [2.45, 2.75) is 6.92 Å². The van der Waals surface area contributed by atoms with Crippen molar-refractivity contribution in [1.29, 1.82) is 0 Å². The molecule has 8 heteroatoms. The molecule has 0 saturated carbocycles. The molecule has 0 atom stereocenters. The number of hydrogen-bond donors (Lipinski definition) is 2. The molecule has 0 unspecified atom stereocenters. The predicted octanol–water partition coefficient (Wildman–Crippen LogP) is 1.87. The van der Waals surface area contributed by atoms with Crippen LogP contribution in [0.3, 0.4) is 0 Å². The Morgan fingerprint density at radius 3 is 2.36 bits per heavy atom. The molecule has 0 aromatic heterocycles. The molecule has 0 fully saturated rings. The minimum Gasteiger partial charge on any atom is -0.361 e. The molecule has 1 aliphatic rings. The first kappa shape index (κ1) is 16.7. The summed E-state index contributed by atoms with van der Waals surface area (Å²) in [7, 11) is 0. The van der Waals surface area contributed by atoms with Crippen molar-refractivity contribution in [3.05, 3.63) is 58.1 Å². The second-order valence-corrected chi connectivity index (χ2v) is 5.89. The van der Waals surface area contributed by atoms with E-state index in [1.165, 1.54) is 30.3 Å². The largest absolute Gasteiger partial charge is 0.361 e. The molecule has 25 heavy (non-hydrogen) atoms. The van der Waals surface area contributed by atoms with Crippen molar-refractivity contribution in [3.63, 3.8) is 0 Å². The van der Waals surface area contributed by atoms with Gasteiger partial charge in [-0.05, 0) is 48.9 Å². The van der Waals surface area contributed by atoms with Crippen molar-refractivity contribution >= 4 is 46.6 Å². The number of primary amides is 1. The fourth-order valence-corrected chi connectivity index (χ4v) is 2.78. The molecular weight excluding hydrogens is 346 g/mol. The van der Waals surface area contributed by atoms with Crippen LogP contribution in [0.1, 0.15) is 26.3 Å². The smallest absolute Gasteiger partial charge is 0.313 e. The van der Waals surface area contributed by atoms with E-state index in [4.69, 9.17) is 17.3 Å². The van der Waals surface area contributed by atoms with Gasteiger partial charge in [0.2, 0.25) is 0 Å². The highest BCUT2D eigenvalue weighted by molar-refractivity contribution is 6.39. The fraction of sp³-hybridized carbons (Fsp3) is 0.0588. The number of halogens is 1. The van der Waals surface area contributed by atoms with Crippen LogP contribution in [-0.2, 0) is 9.59 Å². The molecule has 0 aliphatic carbocycles. The van der Waals surface area contributed by atoms with Gasteiger partial charge in [0.15, 0.2) is 0 Å². The summed E-state index contributed by atoms with van der Waals surface area (Å²) in [6, 6.07) is 9.02. The molecule has 3 N–H and O–H groups in total. The van der Waals surface area contributed by atoms with Crippen LogP contribution in [0, 0.1) is 6.92 Å². The van der Waals surface area contributed by atoms with Gasteiger partial charge in [-0.1, -0.05) is 11.6 Å². The van der Waals surface area contributed by atoms with Gasteiger partial charge < -0.3 is 11.1 Å². The molecule has 0 saturated heterocycles. The maximum atomic E-state index is 12.6. The lowest BCUT2D eigenvalue weighted by atomic mass is 10.1. The molecule has 1 aliphatic heterocycles. The van der Waals surface area contributed by atoms with E-state index in [9.17, 15) is 19.2 Å². The third-order valence-electron chi connectivity index (χ3n) is 3.77.